The van der Waals surface area contributed by atoms with Crippen molar-refractivity contribution in [3.05, 3.63) is 59.1 Å². The quantitative estimate of drug-likeness (QED) is 0.856. The molecule has 0 aliphatic rings. The highest BCUT2D eigenvalue weighted by atomic mass is 35.5. The van der Waals surface area contributed by atoms with E-state index < -0.39 is 0 Å². The number of nitrogens with zero attached hydrogens (tertiary/aromatic N) is 1. The summed E-state index contributed by atoms with van der Waals surface area (Å²) in [4.78, 5) is 13.9. The largest absolute Gasteiger partial charge is 0.495 e. The number of ether oxygens (including phenoxy) is 1. The summed E-state index contributed by atoms with van der Waals surface area (Å²) in [6.07, 6.45) is 0. The third-order valence-corrected chi connectivity index (χ3v) is 3.09. The normalized spacial score (nSPS) is 10.1. The summed E-state index contributed by atoms with van der Waals surface area (Å²) in [5.41, 5.74) is 1.31. The fourth-order valence-corrected chi connectivity index (χ4v) is 1.93. The number of methoxy groups -OCH3 is 1. The molecule has 0 aliphatic heterocycles. The summed E-state index contributed by atoms with van der Waals surface area (Å²) in [6.45, 7) is 0. The molecule has 98 valence electrons. The van der Waals surface area contributed by atoms with Gasteiger partial charge in [0.1, 0.15) is 5.75 Å². The number of hydrogen-bond acceptors (Lipinski definition) is 2. The van der Waals surface area contributed by atoms with E-state index in [2.05, 4.69) is 0 Å². The van der Waals surface area contributed by atoms with Gasteiger partial charge in [-0.2, -0.15) is 0 Å². The molecule has 2 aromatic carbocycles. The van der Waals surface area contributed by atoms with Gasteiger partial charge in [-0.3, -0.25) is 4.79 Å². The van der Waals surface area contributed by atoms with Crippen molar-refractivity contribution >= 4 is 23.2 Å². The number of benzene rings is 2. The number of hydrogen-bond donors (Lipinski definition) is 0. The number of para-hydroxylation sites is 2. The molecule has 0 saturated heterocycles. The van der Waals surface area contributed by atoms with Crippen LogP contribution < -0.4 is 9.64 Å². The minimum absolute atomic E-state index is 0.110. The minimum atomic E-state index is -0.110. The molecule has 4 heteroatoms. The van der Waals surface area contributed by atoms with E-state index in [1.54, 1.807) is 43.3 Å². The van der Waals surface area contributed by atoms with Gasteiger partial charge in [-0.05, 0) is 36.4 Å². The highest BCUT2D eigenvalue weighted by molar-refractivity contribution is 6.30. The molecule has 0 radical (unpaired) electrons. The van der Waals surface area contributed by atoms with Crippen LogP contribution in [-0.4, -0.2) is 20.1 Å². The predicted octanol–water partition coefficient (Wildman–Crippen LogP) is 3.63. The van der Waals surface area contributed by atoms with E-state index in [0.717, 1.165) is 5.69 Å². The van der Waals surface area contributed by atoms with Crippen molar-refractivity contribution in [3.8, 4) is 5.75 Å². The third-order valence-electron chi connectivity index (χ3n) is 2.84. The van der Waals surface area contributed by atoms with Gasteiger partial charge in [-0.15, -0.1) is 0 Å². The lowest BCUT2D eigenvalue weighted by Crippen LogP contribution is -2.26. The molecule has 3 nitrogen and oxygen atoms in total. The van der Waals surface area contributed by atoms with Crippen molar-refractivity contribution in [1.29, 1.82) is 0 Å². The molecule has 0 saturated carbocycles. The molecular formula is C15H14ClNO2. The lowest BCUT2D eigenvalue weighted by atomic mass is 10.2. The average molecular weight is 276 g/mol. The first kappa shape index (κ1) is 13.4. The second kappa shape index (κ2) is 5.76. The molecule has 2 rings (SSSR count). The molecule has 19 heavy (non-hydrogen) atoms. The Hall–Kier alpha value is -2.00. The summed E-state index contributed by atoms with van der Waals surface area (Å²) in [6, 6.07) is 14.2. The highest BCUT2D eigenvalue weighted by Gasteiger charge is 2.16. The monoisotopic (exact) mass is 275 g/mol. The first-order chi connectivity index (χ1) is 9.13. The maximum atomic E-state index is 12.4. The van der Waals surface area contributed by atoms with Gasteiger partial charge in [-0.1, -0.05) is 23.7 Å². The van der Waals surface area contributed by atoms with E-state index in [4.69, 9.17) is 16.3 Å². The predicted molar refractivity (Wildman–Crippen MR) is 77.2 cm³/mol. The van der Waals surface area contributed by atoms with Crippen LogP contribution in [-0.2, 0) is 0 Å². The Morgan fingerprint density at radius 2 is 1.74 bits per heavy atom. The zero-order valence-electron chi connectivity index (χ0n) is 10.8. The number of rotatable bonds is 3. The summed E-state index contributed by atoms with van der Waals surface area (Å²) in [5.74, 6) is 0.550. The van der Waals surface area contributed by atoms with Crippen LogP contribution in [0.4, 0.5) is 5.69 Å². The van der Waals surface area contributed by atoms with E-state index >= 15 is 0 Å². The summed E-state index contributed by atoms with van der Waals surface area (Å²) in [5, 5.41) is 0.608. The SMILES string of the molecule is COc1ccccc1N(C)C(=O)c1ccc(Cl)cc1. The Labute approximate surface area is 117 Å². The Balaban J connectivity index is 2.30. The average Bonchev–Trinajstić information content (AvgIpc) is 2.46. The van der Waals surface area contributed by atoms with Crippen molar-refractivity contribution in [3.63, 3.8) is 0 Å². The molecule has 0 unspecified atom stereocenters. The number of halogens is 1. The Kier molecular flexibility index (Phi) is 4.07. The van der Waals surface area contributed by atoms with Crippen molar-refractivity contribution in [1.82, 2.24) is 0 Å². The van der Waals surface area contributed by atoms with Gasteiger partial charge in [0.2, 0.25) is 0 Å². The smallest absolute Gasteiger partial charge is 0.258 e. The Bertz CT molecular complexity index is 581. The van der Waals surface area contributed by atoms with Crippen LogP contribution in [0.5, 0.6) is 5.75 Å². The van der Waals surface area contributed by atoms with Crippen LogP contribution in [0.1, 0.15) is 10.4 Å². The molecule has 0 spiro atoms. The lowest BCUT2D eigenvalue weighted by molar-refractivity contribution is 0.0992. The number of carbonyl (C=O) groups is 1. The van der Waals surface area contributed by atoms with Crippen molar-refractivity contribution in [2.75, 3.05) is 19.1 Å². The van der Waals surface area contributed by atoms with Gasteiger partial charge >= 0.3 is 0 Å². The molecule has 0 N–H and O–H groups in total. The molecule has 0 bridgehead atoms. The van der Waals surface area contributed by atoms with E-state index in [0.29, 0.717) is 16.3 Å². The Morgan fingerprint density at radius 1 is 1.11 bits per heavy atom. The molecular weight excluding hydrogens is 262 g/mol. The summed E-state index contributed by atoms with van der Waals surface area (Å²) >= 11 is 5.82. The van der Waals surface area contributed by atoms with Gasteiger partial charge in [-0.25, -0.2) is 0 Å². The standard InChI is InChI=1S/C15H14ClNO2/c1-17(13-5-3-4-6-14(13)19-2)15(18)11-7-9-12(16)10-8-11/h3-10H,1-2H3. The molecule has 0 atom stereocenters. The number of carbonyl (C=O) groups excluding carboxylic acids is 1. The molecule has 0 heterocycles. The second-order valence-electron chi connectivity index (χ2n) is 4.04. The van der Waals surface area contributed by atoms with Crippen molar-refractivity contribution < 1.29 is 9.53 Å². The Morgan fingerprint density at radius 3 is 2.37 bits per heavy atom. The van der Waals surface area contributed by atoms with Crippen LogP contribution in [0.3, 0.4) is 0 Å². The summed E-state index contributed by atoms with van der Waals surface area (Å²) in [7, 11) is 3.30. The fraction of sp³-hybridized carbons (Fsp3) is 0.133. The number of anilines is 1. The highest BCUT2D eigenvalue weighted by Crippen LogP contribution is 2.27. The van der Waals surface area contributed by atoms with Crippen LogP contribution in [0.25, 0.3) is 0 Å². The van der Waals surface area contributed by atoms with Gasteiger partial charge in [0.25, 0.3) is 5.91 Å². The van der Waals surface area contributed by atoms with Crippen LogP contribution in [0, 0.1) is 0 Å². The van der Waals surface area contributed by atoms with Gasteiger partial charge in [0, 0.05) is 17.6 Å². The van der Waals surface area contributed by atoms with Crippen molar-refractivity contribution in [2.45, 2.75) is 0 Å². The van der Waals surface area contributed by atoms with E-state index in [1.165, 1.54) is 0 Å². The molecule has 0 aliphatic carbocycles. The fourth-order valence-electron chi connectivity index (χ4n) is 1.80. The maximum Gasteiger partial charge on any atom is 0.258 e. The first-order valence-electron chi connectivity index (χ1n) is 5.80. The third kappa shape index (κ3) is 2.88. The second-order valence-corrected chi connectivity index (χ2v) is 4.48. The zero-order chi connectivity index (χ0) is 13.8. The summed E-state index contributed by atoms with van der Waals surface area (Å²) < 4.78 is 5.26. The van der Waals surface area contributed by atoms with E-state index in [-0.39, 0.29) is 5.91 Å². The maximum absolute atomic E-state index is 12.4. The molecule has 2 aromatic rings. The molecule has 1 amide bonds. The zero-order valence-corrected chi connectivity index (χ0v) is 11.5. The first-order valence-corrected chi connectivity index (χ1v) is 6.18. The van der Waals surface area contributed by atoms with Crippen molar-refractivity contribution in [2.24, 2.45) is 0 Å². The van der Waals surface area contributed by atoms with Crippen LogP contribution >= 0.6 is 11.6 Å². The van der Waals surface area contributed by atoms with Crippen LogP contribution in [0.2, 0.25) is 5.02 Å². The topological polar surface area (TPSA) is 29.5 Å². The van der Waals surface area contributed by atoms with E-state index in [9.17, 15) is 4.79 Å². The number of amides is 1. The molecule has 0 aromatic heterocycles. The van der Waals surface area contributed by atoms with E-state index in [1.807, 2.05) is 24.3 Å². The molecule has 0 fully saturated rings. The minimum Gasteiger partial charge on any atom is -0.495 e. The van der Waals surface area contributed by atoms with Gasteiger partial charge in [0.15, 0.2) is 0 Å². The van der Waals surface area contributed by atoms with Crippen LogP contribution in [0.15, 0.2) is 48.5 Å². The van der Waals surface area contributed by atoms with Gasteiger partial charge < -0.3 is 9.64 Å². The lowest BCUT2D eigenvalue weighted by Gasteiger charge is -2.19. The van der Waals surface area contributed by atoms with Gasteiger partial charge in [0.05, 0.1) is 12.8 Å².